The first kappa shape index (κ1) is 18.2. The van der Waals surface area contributed by atoms with Crippen LogP contribution in [0.2, 0.25) is 0 Å². The number of nitrogens with zero attached hydrogens (tertiary/aromatic N) is 4. The van der Waals surface area contributed by atoms with E-state index in [4.69, 9.17) is 0 Å². The molecule has 1 N–H and O–H groups in total. The van der Waals surface area contributed by atoms with Gasteiger partial charge in [0.25, 0.3) is 0 Å². The summed E-state index contributed by atoms with van der Waals surface area (Å²) in [5.41, 5.74) is 2.57. The lowest BCUT2D eigenvalue weighted by Crippen LogP contribution is -2.23. The van der Waals surface area contributed by atoms with Crippen LogP contribution in [-0.2, 0) is 13.1 Å². The first-order valence-corrected chi connectivity index (χ1v) is 10.6. The summed E-state index contributed by atoms with van der Waals surface area (Å²) in [5.74, 6) is 0.788. The van der Waals surface area contributed by atoms with Crippen LogP contribution in [0.5, 0.6) is 0 Å². The van der Waals surface area contributed by atoms with Gasteiger partial charge in [-0.25, -0.2) is 5.10 Å². The van der Waals surface area contributed by atoms with Crippen molar-refractivity contribution in [3.63, 3.8) is 0 Å². The van der Waals surface area contributed by atoms with Gasteiger partial charge in [-0.15, -0.1) is 11.3 Å². The van der Waals surface area contributed by atoms with E-state index in [1.807, 2.05) is 18.4 Å². The fourth-order valence-corrected chi connectivity index (χ4v) is 4.73. The summed E-state index contributed by atoms with van der Waals surface area (Å²) in [5, 5.41) is 6.84. The van der Waals surface area contributed by atoms with Gasteiger partial charge in [0, 0.05) is 29.9 Å². The summed E-state index contributed by atoms with van der Waals surface area (Å²) in [7, 11) is 2.03. The van der Waals surface area contributed by atoms with Gasteiger partial charge >= 0.3 is 0 Å². The van der Waals surface area contributed by atoms with Crippen LogP contribution in [-0.4, -0.2) is 40.2 Å². The quantitative estimate of drug-likeness (QED) is 0.681. The molecule has 1 aliphatic rings. The Morgan fingerprint density at radius 3 is 2.74 bits per heavy atom. The first-order chi connectivity index (χ1) is 13.3. The number of aromatic amines is 1. The molecule has 0 saturated carbocycles. The van der Waals surface area contributed by atoms with Crippen molar-refractivity contribution in [2.45, 2.75) is 38.8 Å². The number of hydrogen-bond donors (Lipinski definition) is 1. The minimum Gasteiger partial charge on any atom is -0.340 e. The van der Waals surface area contributed by atoms with Crippen LogP contribution in [0.15, 0.2) is 42.7 Å². The molecule has 1 fully saturated rings. The lowest BCUT2D eigenvalue weighted by molar-refractivity contribution is 0.279. The van der Waals surface area contributed by atoms with E-state index in [9.17, 15) is 0 Å². The van der Waals surface area contributed by atoms with E-state index in [0.29, 0.717) is 0 Å². The molecule has 0 radical (unpaired) electrons. The third-order valence-electron chi connectivity index (χ3n) is 5.13. The molecule has 1 saturated heterocycles. The number of anilines is 1. The number of likely N-dealkylation sites (tertiary alicyclic amines) is 1. The van der Waals surface area contributed by atoms with Crippen LogP contribution in [0.1, 0.15) is 36.1 Å². The maximum Gasteiger partial charge on any atom is 0.221 e. The zero-order chi connectivity index (χ0) is 18.5. The summed E-state index contributed by atoms with van der Waals surface area (Å²) in [4.78, 5) is 11.7. The van der Waals surface area contributed by atoms with E-state index >= 15 is 0 Å². The van der Waals surface area contributed by atoms with Gasteiger partial charge in [0.1, 0.15) is 6.33 Å². The summed E-state index contributed by atoms with van der Waals surface area (Å²) < 4.78 is 0. The third-order valence-corrected chi connectivity index (χ3v) is 6.25. The minimum atomic E-state index is 0.788. The van der Waals surface area contributed by atoms with Gasteiger partial charge in [0.05, 0.1) is 0 Å². The highest BCUT2D eigenvalue weighted by atomic mass is 32.1. The van der Waals surface area contributed by atoms with Gasteiger partial charge in [0.2, 0.25) is 5.95 Å². The van der Waals surface area contributed by atoms with E-state index in [1.54, 1.807) is 6.33 Å². The van der Waals surface area contributed by atoms with Gasteiger partial charge in [-0.1, -0.05) is 31.0 Å². The number of nitrogens with one attached hydrogen (secondary N) is 1. The van der Waals surface area contributed by atoms with E-state index in [0.717, 1.165) is 19.0 Å². The zero-order valence-corrected chi connectivity index (χ0v) is 16.7. The second kappa shape index (κ2) is 8.67. The highest BCUT2D eigenvalue weighted by molar-refractivity contribution is 7.15. The molecule has 5 nitrogen and oxygen atoms in total. The minimum absolute atomic E-state index is 0.788. The molecule has 1 aromatic carbocycles. The Morgan fingerprint density at radius 2 is 1.96 bits per heavy atom. The number of benzene rings is 1. The predicted octanol–water partition coefficient (Wildman–Crippen LogP) is 4.55. The molecule has 2 aromatic heterocycles. The molecular weight excluding hydrogens is 354 g/mol. The molecule has 0 atom stereocenters. The molecule has 0 amide bonds. The number of hydrogen-bond acceptors (Lipinski definition) is 5. The van der Waals surface area contributed by atoms with Crippen LogP contribution in [0.25, 0.3) is 10.4 Å². The van der Waals surface area contributed by atoms with Gasteiger partial charge < -0.3 is 4.90 Å². The SMILES string of the molecule is CN(Cc1cccc(-c2ccc(CN3CCCCCC3)s2)c1)c1ncn[nH]1. The number of H-pyrrole nitrogens is 1. The van der Waals surface area contributed by atoms with Crippen LogP contribution < -0.4 is 4.90 Å². The molecule has 3 aromatic rings. The fourth-order valence-electron chi connectivity index (χ4n) is 3.69. The second-order valence-electron chi connectivity index (χ2n) is 7.32. The Kier molecular flexibility index (Phi) is 5.84. The number of rotatable bonds is 6. The van der Waals surface area contributed by atoms with Gasteiger partial charge in [0.15, 0.2) is 0 Å². The van der Waals surface area contributed by atoms with Crippen molar-refractivity contribution in [1.29, 1.82) is 0 Å². The van der Waals surface area contributed by atoms with E-state index < -0.39 is 0 Å². The average molecular weight is 382 g/mol. The molecule has 4 rings (SSSR count). The standard InChI is InChI=1S/C21H27N5S/c1-25(21-22-16-23-24-21)14-17-7-6-8-18(13-17)20-10-9-19(27-20)15-26-11-4-2-3-5-12-26/h6-10,13,16H,2-5,11-12,14-15H2,1H3,(H,22,23,24). The van der Waals surface area contributed by atoms with Crippen LogP contribution in [0, 0.1) is 0 Å². The lowest BCUT2D eigenvalue weighted by Gasteiger charge is -2.18. The van der Waals surface area contributed by atoms with E-state index in [-0.39, 0.29) is 0 Å². The summed E-state index contributed by atoms with van der Waals surface area (Å²) in [6, 6.07) is 13.4. The second-order valence-corrected chi connectivity index (χ2v) is 8.49. The summed E-state index contributed by atoms with van der Waals surface area (Å²) >= 11 is 1.93. The summed E-state index contributed by atoms with van der Waals surface area (Å²) in [6.45, 7) is 4.39. The highest BCUT2D eigenvalue weighted by Gasteiger charge is 2.12. The third kappa shape index (κ3) is 4.76. The number of thiophene rings is 1. The molecule has 142 valence electrons. The zero-order valence-electron chi connectivity index (χ0n) is 15.9. The molecule has 3 heterocycles. The van der Waals surface area contributed by atoms with Crippen molar-refractivity contribution in [2.24, 2.45) is 0 Å². The van der Waals surface area contributed by atoms with Gasteiger partial charge in [-0.3, -0.25) is 4.90 Å². The van der Waals surface area contributed by atoms with Gasteiger partial charge in [-0.05, 0) is 55.3 Å². The average Bonchev–Trinajstić information content (AvgIpc) is 3.31. The molecule has 6 heteroatoms. The topological polar surface area (TPSA) is 48.1 Å². The molecule has 0 spiro atoms. The van der Waals surface area contributed by atoms with Crippen LogP contribution in [0.3, 0.4) is 0 Å². The summed E-state index contributed by atoms with van der Waals surface area (Å²) in [6.07, 6.45) is 7.01. The Morgan fingerprint density at radius 1 is 1.11 bits per heavy atom. The van der Waals surface area contributed by atoms with Crippen molar-refractivity contribution >= 4 is 17.3 Å². The Hall–Kier alpha value is -2.18. The maximum absolute atomic E-state index is 4.22. The molecule has 1 aliphatic heterocycles. The fraction of sp³-hybridized carbons (Fsp3) is 0.429. The van der Waals surface area contributed by atoms with E-state index in [2.05, 4.69) is 61.4 Å². The molecule has 0 aliphatic carbocycles. The normalized spacial score (nSPS) is 15.6. The van der Waals surface area contributed by atoms with Gasteiger partial charge in [-0.2, -0.15) is 10.1 Å². The van der Waals surface area contributed by atoms with Crippen LogP contribution in [0.4, 0.5) is 5.95 Å². The molecule has 0 bridgehead atoms. The monoisotopic (exact) mass is 381 g/mol. The van der Waals surface area contributed by atoms with Crippen LogP contribution >= 0.6 is 11.3 Å². The lowest BCUT2D eigenvalue weighted by atomic mass is 10.1. The van der Waals surface area contributed by atoms with Crippen molar-refractivity contribution in [1.82, 2.24) is 20.1 Å². The van der Waals surface area contributed by atoms with Crippen molar-refractivity contribution in [2.75, 3.05) is 25.0 Å². The predicted molar refractivity (Wildman–Crippen MR) is 112 cm³/mol. The van der Waals surface area contributed by atoms with Crippen molar-refractivity contribution in [3.05, 3.63) is 53.2 Å². The Labute approximate surface area is 165 Å². The largest absolute Gasteiger partial charge is 0.340 e. The highest BCUT2D eigenvalue weighted by Crippen LogP contribution is 2.30. The molecule has 0 unspecified atom stereocenters. The Bertz CT molecular complexity index is 834. The molecule has 27 heavy (non-hydrogen) atoms. The van der Waals surface area contributed by atoms with Crippen molar-refractivity contribution < 1.29 is 0 Å². The van der Waals surface area contributed by atoms with Crippen molar-refractivity contribution in [3.8, 4) is 10.4 Å². The Balaban J connectivity index is 1.43. The first-order valence-electron chi connectivity index (χ1n) is 9.75. The van der Waals surface area contributed by atoms with E-state index in [1.165, 1.54) is 59.7 Å². The number of aromatic nitrogens is 3. The molecular formula is C21H27N5S. The smallest absolute Gasteiger partial charge is 0.221 e. The maximum atomic E-state index is 4.22.